The zero-order valence-electron chi connectivity index (χ0n) is 17.2. The molecule has 0 aliphatic carbocycles. The van der Waals surface area contributed by atoms with Gasteiger partial charge in [-0.2, -0.15) is 5.10 Å². The fourth-order valence-corrected chi connectivity index (χ4v) is 2.77. The zero-order chi connectivity index (χ0) is 22.9. The highest BCUT2D eigenvalue weighted by Crippen LogP contribution is 2.14. The Hall–Kier alpha value is -3.97. The first kappa shape index (κ1) is 22.7. The summed E-state index contributed by atoms with van der Waals surface area (Å²) in [4.78, 5) is 36.0. The van der Waals surface area contributed by atoms with Crippen LogP contribution in [0.2, 0.25) is 5.02 Å². The van der Waals surface area contributed by atoms with Crippen molar-refractivity contribution in [1.29, 1.82) is 0 Å². The zero-order valence-corrected chi connectivity index (χ0v) is 17.9. The Labute approximate surface area is 190 Å². The van der Waals surface area contributed by atoms with Crippen LogP contribution in [0.15, 0.2) is 77.9 Å². The Morgan fingerprint density at radius 1 is 0.969 bits per heavy atom. The minimum Gasteiger partial charge on any atom is -0.423 e. The summed E-state index contributed by atoms with van der Waals surface area (Å²) in [5.74, 6) is -0.922. The van der Waals surface area contributed by atoms with Crippen LogP contribution in [0, 0.1) is 6.92 Å². The number of halogens is 1. The minimum atomic E-state index is -0.479. The van der Waals surface area contributed by atoms with Crippen molar-refractivity contribution < 1.29 is 19.1 Å². The summed E-state index contributed by atoms with van der Waals surface area (Å²) in [5, 5.41) is 6.86. The number of hydrazone groups is 1. The van der Waals surface area contributed by atoms with E-state index in [1.807, 2.05) is 13.0 Å². The van der Waals surface area contributed by atoms with Crippen molar-refractivity contribution in [3.05, 3.63) is 100 Å². The fourth-order valence-electron chi connectivity index (χ4n) is 2.64. The fraction of sp³-hybridized carbons (Fsp3) is 0.0833. The molecule has 2 N–H and O–H groups in total. The molecule has 0 aliphatic heterocycles. The third kappa shape index (κ3) is 6.78. The Morgan fingerprint density at radius 3 is 2.38 bits per heavy atom. The summed E-state index contributed by atoms with van der Waals surface area (Å²) in [6.07, 6.45) is 1.44. The van der Waals surface area contributed by atoms with Gasteiger partial charge in [-0.25, -0.2) is 10.2 Å². The largest absolute Gasteiger partial charge is 0.423 e. The van der Waals surface area contributed by atoms with E-state index in [0.717, 1.165) is 5.56 Å². The van der Waals surface area contributed by atoms with Crippen LogP contribution in [0.3, 0.4) is 0 Å². The van der Waals surface area contributed by atoms with Crippen LogP contribution in [-0.4, -0.2) is 30.5 Å². The summed E-state index contributed by atoms with van der Waals surface area (Å²) in [7, 11) is 0. The molecule has 0 unspecified atom stereocenters. The van der Waals surface area contributed by atoms with E-state index in [4.69, 9.17) is 16.3 Å². The number of nitrogens with zero attached hydrogens (tertiary/aromatic N) is 1. The van der Waals surface area contributed by atoms with Gasteiger partial charge < -0.3 is 10.1 Å². The number of carbonyl (C=O) groups excluding carboxylic acids is 3. The quantitative estimate of drug-likeness (QED) is 0.248. The van der Waals surface area contributed by atoms with Crippen molar-refractivity contribution in [3.8, 4) is 5.75 Å². The van der Waals surface area contributed by atoms with Crippen molar-refractivity contribution in [1.82, 2.24) is 10.7 Å². The first-order valence-electron chi connectivity index (χ1n) is 9.65. The molecule has 32 heavy (non-hydrogen) atoms. The van der Waals surface area contributed by atoms with E-state index in [1.165, 1.54) is 6.21 Å². The third-order valence-corrected chi connectivity index (χ3v) is 4.52. The highest BCUT2D eigenvalue weighted by atomic mass is 35.5. The lowest BCUT2D eigenvalue weighted by Gasteiger charge is -2.05. The highest BCUT2D eigenvalue weighted by Gasteiger charge is 2.09. The van der Waals surface area contributed by atoms with Gasteiger partial charge >= 0.3 is 5.97 Å². The van der Waals surface area contributed by atoms with E-state index in [9.17, 15) is 14.4 Å². The number of nitrogens with one attached hydrogen (secondary N) is 2. The summed E-state index contributed by atoms with van der Waals surface area (Å²) in [6.45, 7) is 1.67. The van der Waals surface area contributed by atoms with Gasteiger partial charge in [-0.3, -0.25) is 9.59 Å². The summed E-state index contributed by atoms with van der Waals surface area (Å²) >= 11 is 5.78. The van der Waals surface area contributed by atoms with Crippen LogP contribution in [0.4, 0.5) is 0 Å². The minimum absolute atomic E-state index is 0.230. The molecule has 3 aromatic rings. The first-order valence-corrected chi connectivity index (χ1v) is 10.0. The summed E-state index contributed by atoms with van der Waals surface area (Å²) < 4.78 is 5.35. The molecule has 0 fully saturated rings. The molecule has 0 aromatic heterocycles. The Morgan fingerprint density at radius 2 is 1.69 bits per heavy atom. The lowest BCUT2D eigenvalue weighted by atomic mass is 10.1. The average Bonchev–Trinajstić information content (AvgIpc) is 2.79. The number of ether oxygens (including phenoxy) is 1. The molecular weight excluding hydrogens is 430 g/mol. The standard InChI is InChI=1S/C24H20ClN3O4/c1-16-3-2-4-19(13-16)24(31)32-21-11-5-17(6-12-21)14-27-28-22(29)15-26-23(30)18-7-9-20(25)10-8-18/h2-14H,15H2,1H3,(H,26,30)(H,28,29). The van der Waals surface area contributed by atoms with Crippen LogP contribution >= 0.6 is 11.6 Å². The van der Waals surface area contributed by atoms with Crippen molar-refractivity contribution >= 4 is 35.6 Å². The molecule has 162 valence electrons. The number of aryl methyl sites for hydroxylation is 1. The maximum Gasteiger partial charge on any atom is 0.343 e. The van der Waals surface area contributed by atoms with Gasteiger partial charge in [0.05, 0.1) is 18.3 Å². The molecule has 7 nitrogen and oxygen atoms in total. The highest BCUT2D eigenvalue weighted by molar-refractivity contribution is 6.30. The van der Waals surface area contributed by atoms with Crippen LogP contribution < -0.4 is 15.5 Å². The van der Waals surface area contributed by atoms with Gasteiger partial charge in [-0.05, 0) is 73.2 Å². The van der Waals surface area contributed by atoms with E-state index in [2.05, 4.69) is 15.8 Å². The smallest absolute Gasteiger partial charge is 0.343 e. The molecule has 0 atom stereocenters. The third-order valence-electron chi connectivity index (χ3n) is 4.26. The molecule has 0 heterocycles. The molecule has 3 rings (SSSR count). The number of hydrogen-bond donors (Lipinski definition) is 2. The second kappa shape index (κ2) is 10.9. The Bertz CT molecular complexity index is 1140. The van der Waals surface area contributed by atoms with E-state index in [1.54, 1.807) is 66.7 Å². The predicted molar refractivity (Wildman–Crippen MR) is 122 cm³/mol. The van der Waals surface area contributed by atoms with Crippen LogP contribution in [0.25, 0.3) is 0 Å². The number of esters is 1. The van der Waals surface area contributed by atoms with Gasteiger partial charge in [-0.15, -0.1) is 0 Å². The van der Waals surface area contributed by atoms with Gasteiger partial charge in [0.25, 0.3) is 11.8 Å². The SMILES string of the molecule is Cc1cccc(C(=O)Oc2ccc(C=NNC(=O)CNC(=O)c3ccc(Cl)cc3)cc2)c1. The van der Waals surface area contributed by atoms with E-state index >= 15 is 0 Å². The molecule has 3 aromatic carbocycles. The van der Waals surface area contributed by atoms with Crippen molar-refractivity contribution in [3.63, 3.8) is 0 Å². The van der Waals surface area contributed by atoms with Crippen molar-refractivity contribution in [2.45, 2.75) is 6.92 Å². The summed E-state index contributed by atoms with van der Waals surface area (Å²) in [6, 6.07) is 20.1. The normalized spacial score (nSPS) is 10.6. The molecular formula is C24H20ClN3O4. The van der Waals surface area contributed by atoms with Gasteiger partial charge in [0.15, 0.2) is 0 Å². The second-order valence-electron chi connectivity index (χ2n) is 6.81. The molecule has 0 saturated heterocycles. The van der Waals surface area contributed by atoms with Crippen LogP contribution in [0.1, 0.15) is 31.8 Å². The maximum absolute atomic E-state index is 12.2. The molecule has 0 bridgehead atoms. The van der Waals surface area contributed by atoms with Crippen LogP contribution in [-0.2, 0) is 4.79 Å². The van der Waals surface area contributed by atoms with E-state index in [0.29, 0.717) is 27.5 Å². The Balaban J connectivity index is 1.45. The van der Waals surface area contributed by atoms with Crippen molar-refractivity contribution in [2.75, 3.05) is 6.54 Å². The average molecular weight is 450 g/mol. The van der Waals surface area contributed by atoms with Crippen LogP contribution in [0.5, 0.6) is 5.75 Å². The number of rotatable bonds is 7. The van der Waals surface area contributed by atoms with Gasteiger partial charge in [0.2, 0.25) is 0 Å². The molecule has 8 heteroatoms. The second-order valence-corrected chi connectivity index (χ2v) is 7.25. The molecule has 2 amide bonds. The lowest BCUT2D eigenvalue weighted by molar-refractivity contribution is -0.120. The number of hydrogen-bond acceptors (Lipinski definition) is 5. The first-order chi connectivity index (χ1) is 15.4. The van der Waals surface area contributed by atoms with E-state index < -0.39 is 17.8 Å². The molecule has 0 radical (unpaired) electrons. The number of amides is 2. The number of benzene rings is 3. The predicted octanol–water partition coefficient (Wildman–Crippen LogP) is 3.75. The number of carbonyl (C=O) groups is 3. The van der Waals surface area contributed by atoms with Gasteiger partial charge in [0, 0.05) is 10.6 Å². The molecule has 0 saturated carbocycles. The molecule has 0 spiro atoms. The maximum atomic E-state index is 12.2. The lowest BCUT2D eigenvalue weighted by Crippen LogP contribution is -2.34. The molecule has 0 aliphatic rings. The van der Waals surface area contributed by atoms with E-state index in [-0.39, 0.29) is 6.54 Å². The Kier molecular flexibility index (Phi) is 7.72. The van der Waals surface area contributed by atoms with Crippen molar-refractivity contribution in [2.24, 2.45) is 5.10 Å². The van der Waals surface area contributed by atoms with Gasteiger partial charge in [-0.1, -0.05) is 29.3 Å². The van der Waals surface area contributed by atoms with Gasteiger partial charge in [0.1, 0.15) is 5.75 Å². The monoisotopic (exact) mass is 449 g/mol. The topological polar surface area (TPSA) is 96.9 Å². The summed E-state index contributed by atoms with van der Waals surface area (Å²) in [5.41, 5.74) is 4.86.